The molecule has 0 bridgehead atoms. The molecule has 5 atom stereocenters. The maximum absolute atomic E-state index is 12.9. The normalized spacial score (nSPS) is 15.1. The van der Waals surface area contributed by atoms with Crippen molar-refractivity contribution in [2.45, 2.75) is 257 Å². The van der Waals surface area contributed by atoms with Gasteiger partial charge in [0.05, 0.1) is 26.4 Å². The first kappa shape index (κ1) is 88.2. The molecule has 0 aromatic carbocycles. The van der Waals surface area contributed by atoms with Crippen LogP contribution in [0.5, 0.6) is 0 Å². The van der Waals surface area contributed by atoms with E-state index in [9.17, 15) is 43.5 Å². The lowest BCUT2D eigenvalue weighted by atomic mass is 10.1. The van der Waals surface area contributed by atoms with Gasteiger partial charge in [-0.25, -0.2) is 9.13 Å². The third kappa shape index (κ3) is 68.4. The van der Waals surface area contributed by atoms with E-state index in [-0.39, 0.29) is 19.3 Å². The van der Waals surface area contributed by atoms with Crippen LogP contribution in [0.4, 0.5) is 0 Å². The Morgan fingerprint density at radius 1 is 0.301 bits per heavy atom. The first-order chi connectivity index (χ1) is 45.2. The summed E-state index contributed by atoms with van der Waals surface area (Å²) in [6, 6.07) is 0. The van der Waals surface area contributed by atoms with Gasteiger partial charge in [0.1, 0.15) is 25.4 Å². The number of phosphoric acid groups is 2. The van der Waals surface area contributed by atoms with E-state index in [4.69, 9.17) is 32.3 Å². The highest BCUT2D eigenvalue weighted by Crippen LogP contribution is 2.45. The van der Waals surface area contributed by atoms with E-state index in [0.717, 1.165) is 180 Å². The van der Waals surface area contributed by atoms with Crippen LogP contribution in [0.1, 0.15) is 239 Å². The van der Waals surface area contributed by atoms with Crippen molar-refractivity contribution in [3.8, 4) is 0 Å². The molecule has 0 radical (unpaired) electrons. The number of carbonyl (C=O) groups excluding carboxylic acids is 3. The van der Waals surface area contributed by atoms with Crippen LogP contribution >= 0.6 is 15.6 Å². The highest BCUT2D eigenvalue weighted by atomic mass is 31.2. The van der Waals surface area contributed by atoms with Gasteiger partial charge in [-0.2, -0.15) is 0 Å². The number of hydrogen-bond acceptors (Lipinski definition) is 14. The van der Waals surface area contributed by atoms with Crippen molar-refractivity contribution >= 4 is 33.6 Å². The van der Waals surface area contributed by atoms with E-state index in [1.807, 2.05) is 0 Å². The van der Waals surface area contributed by atoms with Crippen LogP contribution in [-0.4, -0.2) is 95.9 Å². The van der Waals surface area contributed by atoms with Crippen LogP contribution in [0, 0.1) is 0 Å². The quantitative estimate of drug-likeness (QED) is 0.0146. The summed E-state index contributed by atoms with van der Waals surface area (Å²) in [4.78, 5) is 58.5. The molecular weight excluding hydrogens is 1220 g/mol. The van der Waals surface area contributed by atoms with Gasteiger partial charge < -0.3 is 34.2 Å². The van der Waals surface area contributed by atoms with Crippen LogP contribution < -0.4 is 0 Å². The molecule has 16 nitrogen and oxygen atoms in total. The van der Waals surface area contributed by atoms with Crippen molar-refractivity contribution in [2.75, 3.05) is 39.6 Å². The van der Waals surface area contributed by atoms with Gasteiger partial charge in [-0.1, -0.05) is 237 Å². The number of hydrogen-bond donors (Lipinski definition) is 4. The summed E-state index contributed by atoms with van der Waals surface area (Å²) in [5.41, 5.74) is 0. The number of esters is 3. The van der Waals surface area contributed by atoms with E-state index in [2.05, 4.69) is 179 Å². The van der Waals surface area contributed by atoms with E-state index in [1.165, 1.54) is 0 Å². The van der Waals surface area contributed by atoms with E-state index >= 15 is 0 Å². The molecule has 0 spiro atoms. The van der Waals surface area contributed by atoms with Gasteiger partial charge in [-0.15, -0.1) is 0 Å². The molecule has 0 aliphatic rings. The maximum atomic E-state index is 12.9. The Labute approximate surface area is 561 Å². The number of phosphoric ester groups is 2. The van der Waals surface area contributed by atoms with E-state index in [1.54, 1.807) is 0 Å². The third-order valence-corrected chi connectivity index (χ3v) is 15.6. The SMILES string of the molecule is CC/C=C\C/C=C\C/C=C\C/C=C\C/C=C\CCCCCCCC(=O)OCC(O)COP(=O)(O)OCC(O)COP(=O)(O)OCC(COC(=O)CCCCC/C=C\C/C=C\C/C=C\C/C=C\C/C=C\CC)OC(=O)CCCCCCCCC/C=C\C/C=C\C/C=C\CC. The molecule has 0 fully saturated rings. The molecule has 0 amide bonds. The second-order valence-electron chi connectivity index (χ2n) is 22.5. The minimum atomic E-state index is -4.95. The third-order valence-electron chi connectivity index (χ3n) is 13.7. The van der Waals surface area contributed by atoms with Gasteiger partial charge in [0.25, 0.3) is 0 Å². The predicted octanol–water partition coefficient (Wildman–Crippen LogP) is 19.5. The topological polar surface area (TPSA) is 231 Å². The van der Waals surface area contributed by atoms with Crippen molar-refractivity contribution in [1.82, 2.24) is 0 Å². The van der Waals surface area contributed by atoms with Crippen molar-refractivity contribution in [2.24, 2.45) is 0 Å². The van der Waals surface area contributed by atoms with Crippen LogP contribution in [0.25, 0.3) is 0 Å². The first-order valence-corrected chi connectivity index (χ1v) is 37.8. The molecule has 0 rings (SSSR count). The number of unbranched alkanes of at least 4 members (excludes halogenated alkanes) is 15. The van der Waals surface area contributed by atoms with Crippen LogP contribution in [0.3, 0.4) is 0 Å². The number of carbonyl (C=O) groups is 3. The Hall–Kier alpha value is -4.83. The van der Waals surface area contributed by atoms with Gasteiger partial charge in [0, 0.05) is 19.3 Å². The fourth-order valence-electron chi connectivity index (χ4n) is 8.52. The lowest BCUT2D eigenvalue weighted by Gasteiger charge is -2.21. The van der Waals surface area contributed by atoms with Crippen molar-refractivity contribution in [1.29, 1.82) is 0 Å². The summed E-state index contributed by atoms with van der Waals surface area (Å²) in [5.74, 6) is -1.65. The van der Waals surface area contributed by atoms with Gasteiger partial charge in [0.15, 0.2) is 6.10 Å². The summed E-state index contributed by atoms with van der Waals surface area (Å²) in [5, 5.41) is 20.6. The Morgan fingerprint density at radius 2 is 0.538 bits per heavy atom. The first-order valence-electron chi connectivity index (χ1n) is 34.8. The summed E-state index contributed by atoms with van der Waals surface area (Å²) in [7, 11) is -9.81. The second-order valence-corrected chi connectivity index (χ2v) is 25.4. The molecule has 0 aliphatic heterocycles. The molecule has 93 heavy (non-hydrogen) atoms. The zero-order chi connectivity index (χ0) is 68.1. The molecule has 18 heteroatoms. The summed E-state index contributed by atoms with van der Waals surface area (Å²) >= 11 is 0. The highest BCUT2D eigenvalue weighted by molar-refractivity contribution is 7.47. The van der Waals surface area contributed by atoms with Crippen molar-refractivity contribution in [3.63, 3.8) is 0 Å². The van der Waals surface area contributed by atoms with E-state index < -0.39 is 91.5 Å². The lowest BCUT2D eigenvalue weighted by Crippen LogP contribution is -2.30. The smallest absolute Gasteiger partial charge is 0.463 e. The molecule has 528 valence electrons. The Balaban J connectivity index is 4.76. The molecule has 0 saturated heterocycles. The molecule has 0 aromatic heterocycles. The molecule has 0 heterocycles. The number of aliphatic hydroxyl groups is 2. The Bertz CT molecular complexity index is 2320. The highest BCUT2D eigenvalue weighted by Gasteiger charge is 2.29. The summed E-state index contributed by atoms with van der Waals surface area (Å²) < 4.78 is 60.9. The molecule has 4 N–H and O–H groups in total. The summed E-state index contributed by atoms with van der Waals surface area (Å²) in [6.45, 7) is 2.23. The average molecular weight is 1340 g/mol. The van der Waals surface area contributed by atoms with Crippen molar-refractivity contribution in [3.05, 3.63) is 158 Å². The largest absolute Gasteiger partial charge is 0.472 e. The fourth-order valence-corrected chi connectivity index (χ4v) is 10.1. The Morgan fingerprint density at radius 3 is 0.860 bits per heavy atom. The number of allylic oxidation sites excluding steroid dienone is 26. The van der Waals surface area contributed by atoms with Gasteiger partial charge in [-0.05, 0) is 141 Å². The van der Waals surface area contributed by atoms with Gasteiger partial charge in [-0.3, -0.25) is 32.5 Å². The second kappa shape index (κ2) is 67.2. The van der Waals surface area contributed by atoms with E-state index in [0.29, 0.717) is 19.3 Å². The van der Waals surface area contributed by atoms with Crippen LogP contribution in [0.15, 0.2) is 158 Å². The fraction of sp³-hybridized carbons (Fsp3) is 0.613. The monoisotopic (exact) mass is 1340 g/mol. The molecule has 0 saturated carbocycles. The molecule has 0 aromatic rings. The van der Waals surface area contributed by atoms with Crippen LogP contribution in [0.2, 0.25) is 0 Å². The molecule has 0 aliphatic carbocycles. The van der Waals surface area contributed by atoms with Crippen molar-refractivity contribution < 1.29 is 75.8 Å². The number of rotatable bonds is 64. The molecule has 5 unspecified atom stereocenters. The number of aliphatic hydroxyl groups excluding tert-OH is 2. The minimum absolute atomic E-state index is 0.0791. The zero-order valence-corrected chi connectivity index (χ0v) is 58.9. The summed E-state index contributed by atoms with van der Waals surface area (Å²) in [6.07, 6.45) is 81.4. The minimum Gasteiger partial charge on any atom is -0.463 e. The van der Waals surface area contributed by atoms with Crippen LogP contribution in [-0.2, 0) is 55.8 Å². The number of ether oxygens (including phenoxy) is 3. The standard InChI is InChI=1S/C75H122O16P2/c1-4-7-10-13-16-19-22-25-28-31-33-34-36-39-40-43-46-49-52-55-58-61-73(78)85-64-70(76)65-87-92(81,82)88-66-71(77)67-89-93(83,84)90-69-72(91-75(80)63-60-57-54-51-48-45-42-37-30-27-24-21-18-15-12-9-6-3)68-86-74(79)62-59-56-53-50-47-44-41-38-35-32-29-26-23-20-17-14-11-8-5-2/h7-12,16-21,25-30,33-35,38-40,44,47,70-72,76-77H,4-6,13-15,22-24,31-32,36-37,41-43,45-46,48-69H2,1-3H3,(H,81,82)(H,83,84)/b10-7-,11-8-,12-9-,19-16-,20-17-,21-18-,28-25-,29-26-,30-27-,34-33-,38-35-,40-39-,47-44-. The van der Waals surface area contributed by atoms with Gasteiger partial charge >= 0.3 is 33.6 Å². The lowest BCUT2D eigenvalue weighted by molar-refractivity contribution is -0.161. The molecular formula is C75H122O16P2. The predicted molar refractivity (Wildman–Crippen MR) is 380 cm³/mol. The maximum Gasteiger partial charge on any atom is 0.472 e. The van der Waals surface area contributed by atoms with Gasteiger partial charge in [0.2, 0.25) is 0 Å². The average Bonchev–Trinajstić information content (AvgIpc) is 3.72. The Kier molecular flexibility index (Phi) is 63.7. The zero-order valence-electron chi connectivity index (χ0n) is 57.1.